The third kappa shape index (κ3) is 3.49. The molecule has 3 N–H and O–H groups in total. The van der Waals surface area contributed by atoms with Crippen molar-refractivity contribution in [2.45, 2.75) is 38.0 Å². The van der Waals surface area contributed by atoms with Gasteiger partial charge in [0.2, 0.25) is 5.91 Å². The van der Waals surface area contributed by atoms with Gasteiger partial charge in [-0.2, -0.15) is 0 Å². The summed E-state index contributed by atoms with van der Waals surface area (Å²) in [7, 11) is 1.63. The van der Waals surface area contributed by atoms with Crippen LogP contribution in [0.25, 0.3) is 0 Å². The van der Waals surface area contributed by atoms with E-state index in [-0.39, 0.29) is 24.2 Å². The maximum atomic E-state index is 12.1. The van der Waals surface area contributed by atoms with Crippen molar-refractivity contribution in [3.63, 3.8) is 0 Å². The number of hydrogen-bond donors (Lipinski definition) is 2. The number of carbonyl (C=O) groups is 1. The standard InChI is InChI=1S/C15H22N2O3/c1-10(11-4-3-5-12(8-11)19-2)17-15(18)14-7-6-13(9-16)20-14/h3-5,8,10,13-14H,6-7,9,16H2,1-2H3,(H,17,18)/t10-,13?,14?/m0/s1. The molecule has 0 saturated carbocycles. The van der Waals surface area contributed by atoms with Crippen molar-refractivity contribution in [2.24, 2.45) is 5.73 Å². The molecule has 5 heteroatoms. The first-order valence-corrected chi connectivity index (χ1v) is 6.94. The van der Waals surface area contributed by atoms with Crippen LogP contribution in [0.3, 0.4) is 0 Å². The fraction of sp³-hybridized carbons (Fsp3) is 0.533. The summed E-state index contributed by atoms with van der Waals surface area (Å²) in [5.74, 6) is 0.709. The lowest BCUT2D eigenvalue weighted by Crippen LogP contribution is -2.37. The molecule has 1 fully saturated rings. The molecule has 1 aromatic rings. The molecule has 2 unspecified atom stereocenters. The minimum absolute atomic E-state index is 0.0119. The third-order valence-electron chi connectivity index (χ3n) is 3.62. The molecule has 20 heavy (non-hydrogen) atoms. The van der Waals surface area contributed by atoms with Gasteiger partial charge in [-0.25, -0.2) is 0 Å². The monoisotopic (exact) mass is 278 g/mol. The average molecular weight is 278 g/mol. The predicted molar refractivity (Wildman–Crippen MR) is 76.5 cm³/mol. The van der Waals surface area contributed by atoms with E-state index in [1.165, 1.54) is 0 Å². The molecule has 1 aliphatic rings. The van der Waals surface area contributed by atoms with Gasteiger partial charge >= 0.3 is 0 Å². The summed E-state index contributed by atoms with van der Waals surface area (Å²) >= 11 is 0. The van der Waals surface area contributed by atoms with Crippen LogP contribution in [0.2, 0.25) is 0 Å². The molecule has 110 valence electrons. The molecular weight excluding hydrogens is 256 g/mol. The Morgan fingerprint density at radius 1 is 1.55 bits per heavy atom. The van der Waals surface area contributed by atoms with E-state index < -0.39 is 0 Å². The summed E-state index contributed by atoms with van der Waals surface area (Å²) in [5.41, 5.74) is 6.56. The Kier molecular flexibility index (Phi) is 4.98. The molecule has 0 aromatic heterocycles. The molecule has 5 nitrogen and oxygen atoms in total. The van der Waals surface area contributed by atoms with Crippen LogP contribution in [0.15, 0.2) is 24.3 Å². The van der Waals surface area contributed by atoms with E-state index in [0.717, 1.165) is 24.2 Å². The first-order chi connectivity index (χ1) is 9.63. The summed E-state index contributed by atoms with van der Waals surface area (Å²) < 4.78 is 10.8. The zero-order chi connectivity index (χ0) is 14.5. The smallest absolute Gasteiger partial charge is 0.249 e. The van der Waals surface area contributed by atoms with Crippen LogP contribution in [-0.4, -0.2) is 31.8 Å². The Labute approximate surface area is 119 Å². The Morgan fingerprint density at radius 2 is 2.35 bits per heavy atom. The minimum atomic E-state index is -0.378. The van der Waals surface area contributed by atoms with E-state index >= 15 is 0 Å². The minimum Gasteiger partial charge on any atom is -0.497 e. The maximum absolute atomic E-state index is 12.1. The molecule has 1 aromatic carbocycles. The van der Waals surface area contributed by atoms with Crippen LogP contribution in [0.5, 0.6) is 5.75 Å². The molecule has 1 heterocycles. The molecule has 0 spiro atoms. The van der Waals surface area contributed by atoms with Crippen molar-refractivity contribution in [2.75, 3.05) is 13.7 Å². The number of methoxy groups -OCH3 is 1. The zero-order valence-electron chi connectivity index (χ0n) is 12.0. The van der Waals surface area contributed by atoms with Crippen LogP contribution in [-0.2, 0) is 9.53 Å². The normalized spacial score (nSPS) is 23.4. The van der Waals surface area contributed by atoms with Gasteiger partial charge in [0, 0.05) is 6.54 Å². The maximum Gasteiger partial charge on any atom is 0.249 e. The number of nitrogens with one attached hydrogen (secondary N) is 1. The van der Waals surface area contributed by atoms with Crippen molar-refractivity contribution in [3.05, 3.63) is 29.8 Å². The van der Waals surface area contributed by atoms with E-state index in [4.69, 9.17) is 15.2 Å². The third-order valence-corrected chi connectivity index (χ3v) is 3.62. The molecule has 0 bridgehead atoms. The van der Waals surface area contributed by atoms with Crippen molar-refractivity contribution < 1.29 is 14.3 Å². The van der Waals surface area contributed by atoms with Crippen molar-refractivity contribution in [3.8, 4) is 5.75 Å². The van der Waals surface area contributed by atoms with Gasteiger partial charge < -0.3 is 20.5 Å². The Balaban J connectivity index is 1.93. The van der Waals surface area contributed by atoms with Crippen LogP contribution in [0.4, 0.5) is 0 Å². The number of ether oxygens (including phenoxy) is 2. The second kappa shape index (κ2) is 6.72. The molecule has 2 rings (SSSR count). The van der Waals surface area contributed by atoms with Crippen LogP contribution < -0.4 is 15.8 Å². The van der Waals surface area contributed by atoms with Gasteiger partial charge in [-0.3, -0.25) is 4.79 Å². The predicted octanol–water partition coefficient (Wildman–Crippen LogP) is 1.38. The largest absolute Gasteiger partial charge is 0.497 e. The molecule has 0 aliphatic carbocycles. The topological polar surface area (TPSA) is 73.6 Å². The lowest BCUT2D eigenvalue weighted by Gasteiger charge is -2.18. The summed E-state index contributed by atoms with van der Waals surface area (Å²) in [6.45, 7) is 2.41. The molecule has 1 saturated heterocycles. The highest BCUT2D eigenvalue weighted by molar-refractivity contribution is 5.81. The second-order valence-electron chi connectivity index (χ2n) is 5.07. The van der Waals surface area contributed by atoms with E-state index in [9.17, 15) is 4.79 Å². The number of benzene rings is 1. The lowest BCUT2D eigenvalue weighted by atomic mass is 10.1. The summed E-state index contributed by atoms with van der Waals surface area (Å²) in [6.07, 6.45) is 1.22. The summed E-state index contributed by atoms with van der Waals surface area (Å²) in [5, 5.41) is 2.97. The molecule has 1 amide bonds. The van der Waals surface area contributed by atoms with E-state index in [0.29, 0.717) is 6.54 Å². The Morgan fingerprint density at radius 3 is 3.00 bits per heavy atom. The van der Waals surface area contributed by atoms with Gasteiger partial charge in [-0.15, -0.1) is 0 Å². The lowest BCUT2D eigenvalue weighted by molar-refractivity contribution is -0.132. The quantitative estimate of drug-likeness (QED) is 0.853. The molecule has 1 aliphatic heterocycles. The fourth-order valence-corrected chi connectivity index (χ4v) is 2.37. The zero-order valence-corrected chi connectivity index (χ0v) is 12.0. The fourth-order valence-electron chi connectivity index (χ4n) is 2.37. The summed E-state index contributed by atoms with van der Waals surface area (Å²) in [4.78, 5) is 12.1. The Bertz CT molecular complexity index is 464. The van der Waals surface area contributed by atoms with Crippen LogP contribution in [0, 0.1) is 0 Å². The first-order valence-electron chi connectivity index (χ1n) is 6.94. The highest BCUT2D eigenvalue weighted by Gasteiger charge is 2.30. The Hall–Kier alpha value is -1.59. The highest BCUT2D eigenvalue weighted by Crippen LogP contribution is 2.22. The van der Waals surface area contributed by atoms with Crippen molar-refractivity contribution in [1.29, 1.82) is 0 Å². The van der Waals surface area contributed by atoms with Crippen LogP contribution in [0.1, 0.15) is 31.4 Å². The number of rotatable bonds is 5. The van der Waals surface area contributed by atoms with E-state index in [1.807, 2.05) is 31.2 Å². The van der Waals surface area contributed by atoms with Gasteiger partial charge in [-0.05, 0) is 37.5 Å². The van der Waals surface area contributed by atoms with Gasteiger partial charge in [0.1, 0.15) is 11.9 Å². The van der Waals surface area contributed by atoms with E-state index in [2.05, 4.69) is 5.32 Å². The molecule has 0 radical (unpaired) electrons. The SMILES string of the molecule is COc1cccc([C@H](C)NC(=O)C2CCC(CN)O2)c1. The van der Waals surface area contributed by atoms with Gasteiger partial charge in [-0.1, -0.05) is 12.1 Å². The molecule has 3 atom stereocenters. The number of amides is 1. The van der Waals surface area contributed by atoms with Crippen molar-refractivity contribution in [1.82, 2.24) is 5.32 Å². The van der Waals surface area contributed by atoms with Gasteiger partial charge in [0.05, 0.1) is 19.3 Å². The van der Waals surface area contributed by atoms with Gasteiger partial charge in [0.25, 0.3) is 0 Å². The molecular formula is C15H22N2O3. The van der Waals surface area contributed by atoms with Gasteiger partial charge in [0.15, 0.2) is 0 Å². The first kappa shape index (κ1) is 14.8. The van der Waals surface area contributed by atoms with E-state index in [1.54, 1.807) is 7.11 Å². The highest BCUT2D eigenvalue weighted by atomic mass is 16.5. The second-order valence-corrected chi connectivity index (χ2v) is 5.07. The van der Waals surface area contributed by atoms with Crippen LogP contribution >= 0.6 is 0 Å². The number of nitrogens with two attached hydrogens (primary N) is 1. The summed E-state index contributed by atoms with van der Waals surface area (Å²) in [6, 6.07) is 7.59. The average Bonchev–Trinajstić information content (AvgIpc) is 2.96. The number of carbonyl (C=O) groups excluding carboxylic acids is 1. The number of hydrogen-bond acceptors (Lipinski definition) is 4. The van der Waals surface area contributed by atoms with Crippen molar-refractivity contribution >= 4 is 5.91 Å².